The number of hydrogen-bond acceptors (Lipinski definition) is 4. The summed E-state index contributed by atoms with van der Waals surface area (Å²) < 4.78 is 0. The van der Waals surface area contributed by atoms with Gasteiger partial charge in [0.05, 0.1) is 11.9 Å². The van der Waals surface area contributed by atoms with Crippen molar-refractivity contribution in [3.63, 3.8) is 0 Å². The fourth-order valence-corrected chi connectivity index (χ4v) is 0.136. The first kappa shape index (κ1) is 22.5. The van der Waals surface area contributed by atoms with E-state index in [9.17, 15) is 19.8 Å². The van der Waals surface area contributed by atoms with E-state index >= 15 is 0 Å². The van der Waals surface area contributed by atoms with Gasteiger partial charge in [-0.25, -0.2) is 0 Å². The number of carboxylic acid groups (broad SMARTS) is 2. The molecule has 0 aliphatic heterocycles. The monoisotopic (exact) mass is 214 g/mol. The predicted octanol–water partition coefficient (Wildman–Crippen LogP) is -2.21. The summed E-state index contributed by atoms with van der Waals surface area (Å²) in [5.41, 5.74) is 0. The van der Waals surface area contributed by atoms with Crippen LogP contribution in [0.15, 0.2) is 12.2 Å². The van der Waals surface area contributed by atoms with Gasteiger partial charge < -0.3 is 32.1 Å². The standard InChI is InChI=1S/C4H4O4.2H3N.Zn/c5-3(6)1-2-4(7)8;;;/h1-2H,(H,5,6)(H,7,8);2*1H3;/b2-1-;;;. The molecule has 0 aromatic rings. The van der Waals surface area contributed by atoms with Gasteiger partial charge in [-0.1, -0.05) is 0 Å². The molecule has 0 rings (SSSR count). The van der Waals surface area contributed by atoms with Gasteiger partial charge in [-0.15, -0.1) is 0 Å². The Kier molecular flexibility index (Phi) is 24.4. The van der Waals surface area contributed by atoms with Gasteiger partial charge in [-0.2, -0.15) is 0 Å². The SMILES string of the molecule is O=C([O-])/C=C\C(=O)[O-].[NH4+].[NH4+].[Zn]. The molecule has 0 aromatic heterocycles. The zero-order chi connectivity index (χ0) is 6.57. The van der Waals surface area contributed by atoms with E-state index in [4.69, 9.17) is 0 Å². The van der Waals surface area contributed by atoms with Gasteiger partial charge in [0.25, 0.3) is 0 Å². The molecular weight excluding hydrogens is 205 g/mol. The van der Waals surface area contributed by atoms with Crippen molar-refractivity contribution in [2.24, 2.45) is 0 Å². The number of carbonyl (C=O) groups is 2. The second kappa shape index (κ2) is 12.0. The summed E-state index contributed by atoms with van der Waals surface area (Å²) >= 11 is 0. The molecule has 6 nitrogen and oxygen atoms in total. The predicted molar refractivity (Wildman–Crippen MR) is 31.1 cm³/mol. The minimum absolute atomic E-state index is 0. The Morgan fingerprint density at radius 2 is 1.09 bits per heavy atom. The molecule has 0 spiro atoms. The minimum atomic E-state index is -1.55. The van der Waals surface area contributed by atoms with Crippen LogP contribution in [0.4, 0.5) is 0 Å². The Morgan fingerprint density at radius 1 is 0.909 bits per heavy atom. The molecule has 0 saturated carbocycles. The summed E-state index contributed by atoms with van der Waals surface area (Å²) in [7, 11) is 0. The average molecular weight is 216 g/mol. The van der Waals surface area contributed by atoms with Crippen LogP contribution in [-0.4, -0.2) is 11.9 Å². The third kappa shape index (κ3) is 27.0. The van der Waals surface area contributed by atoms with Gasteiger partial charge in [-0.05, 0) is 12.2 Å². The van der Waals surface area contributed by atoms with E-state index < -0.39 is 11.9 Å². The molecular formula is C4H10N2O4Zn. The summed E-state index contributed by atoms with van der Waals surface area (Å²) in [4.78, 5) is 18.8. The van der Waals surface area contributed by atoms with Gasteiger partial charge in [0.1, 0.15) is 0 Å². The Bertz CT molecular complexity index is 131. The fourth-order valence-electron chi connectivity index (χ4n) is 0.136. The Labute approximate surface area is 76.2 Å². The van der Waals surface area contributed by atoms with Gasteiger partial charge in [0, 0.05) is 19.5 Å². The van der Waals surface area contributed by atoms with Crippen molar-refractivity contribution in [1.82, 2.24) is 12.3 Å². The van der Waals surface area contributed by atoms with Gasteiger partial charge in [0.2, 0.25) is 0 Å². The maximum absolute atomic E-state index is 9.41. The maximum Gasteiger partial charge on any atom is 0.0643 e. The van der Waals surface area contributed by atoms with Crippen molar-refractivity contribution in [3.8, 4) is 0 Å². The Morgan fingerprint density at radius 3 is 1.18 bits per heavy atom. The molecule has 62 valence electrons. The molecule has 7 heteroatoms. The smallest absolute Gasteiger partial charge is 0.0643 e. The second-order valence-electron chi connectivity index (χ2n) is 0.971. The maximum atomic E-state index is 9.41. The molecule has 8 N–H and O–H groups in total. The Balaban J connectivity index is -0.0000000817. The molecule has 0 saturated heterocycles. The normalized spacial score (nSPS) is 6.91. The first-order valence-corrected chi connectivity index (χ1v) is 1.73. The molecule has 0 aliphatic carbocycles. The van der Waals surface area contributed by atoms with Crippen molar-refractivity contribution in [2.45, 2.75) is 0 Å². The number of rotatable bonds is 2. The quantitative estimate of drug-likeness (QED) is 0.396. The first-order valence-electron chi connectivity index (χ1n) is 1.73. The molecule has 0 atom stereocenters. The van der Waals surface area contributed by atoms with E-state index in [1.807, 2.05) is 0 Å². The number of carboxylic acids is 2. The summed E-state index contributed by atoms with van der Waals surface area (Å²) in [5, 5.41) is 18.8. The largest absolute Gasteiger partial charge is 0.545 e. The average Bonchev–Trinajstić information content (AvgIpc) is 1.61. The van der Waals surface area contributed by atoms with Gasteiger partial charge >= 0.3 is 0 Å². The van der Waals surface area contributed by atoms with E-state index in [1.54, 1.807) is 0 Å². The molecule has 11 heavy (non-hydrogen) atoms. The second-order valence-corrected chi connectivity index (χ2v) is 0.971. The van der Waals surface area contributed by atoms with Crippen LogP contribution < -0.4 is 22.5 Å². The Hall–Kier alpha value is -0.777. The van der Waals surface area contributed by atoms with E-state index in [0.29, 0.717) is 12.2 Å². The zero-order valence-corrected chi connectivity index (χ0v) is 9.46. The van der Waals surface area contributed by atoms with E-state index in [0.717, 1.165) is 0 Å². The van der Waals surface area contributed by atoms with Gasteiger partial charge in [-0.3, -0.25) is 0 Å². The van der Waals surface area contributed by atoms with Crippen LogP contribution in [0, 0.1) is 0 Å². The summed E-state index contributed by atoms with van der Waals surface area (Å²) in [6.45, 7) is 0. The van der Waals surface area contributed by atoms with Crippen LogP contribution in [0.2, 0.25) is 0 Å². The van der Waals surface area contributed by atoms with Crippen LogP contribution in [0.1, 0.15) is 0 Å². The molecule has 0 aromatic carbocycles. The van der Waals surface area contributed by atoms with E-state index in [2.05, 4.69) is 0 Å². The van der Waals surface area contributed by atoms with Crippen LogP contribution in [0.5, 0.6) is 0 Å². The number of carbonyl (C=O) groups excluding carboxylic acids is 2. The molecule has 0 radical (unpaired) electrons. The number of quaternary nitrogens is 2. The molecule has 0 amide bonds. The van der Waals surface area contributed by atoms with E-state index in [1.165, 1.54) is 0 Å². The van der Waals surface area contributed by atoms with E-state index in [-0.39, 0.29) is 31.8 Å². The van der Waals surface area contributed by atoms with Crippen LogP contribution in [0.25, 0.3) is 0 Å². The molecule has 0 heterocycles. The van der Waals surface area contributed by atoms with Crippen LogP contribution in [0.3, 0.4) is 0 Å². The summed E-state index contributed by atoms with van der Waals surface area (Å²) in [6.07, 6.45) is 0.769. The van der Waals surface area contributed by atoms with Crippen LogP contribution >= 0.6 is 0 Å². The summed E-state index contributed by atoms with van der Waals surface area (Å²) in [5.74, 6) is -3.09. The topological polar surface area (TPSA) is 153 Å². The molecule has 0 unspecified atom stereocenters. The van der Waals surface area contributed by atoms with Crippen molar-refractivity contribution in [3.05, 3.63) is 12.2 Å². The van der Waals surface area contributed by atoms with Gasteiger partial charge in [0.15, 0.2) is 0 Å². The number of aliphatic carboxylic acids is 2. The fraction of sp³-hybridized carbons (Fsp3) is 0. The first-order chi connectivity index (χ1) is 3.63. The van der Waals surface area contributed by atoms with Crippen LogP contribution in [-0.2, 0) is 29.1 Å². The molecule has 0 bridgehead atoms. The molecule has 0 fully saturated rings. The van der Waals surface area contributed by atoms with Crippen molar-refractivity contribution >= 4 is 11.9 Å². The minimum Gasteiger partial charge on any atom is -0.545 e. The molecule has 0 aliphatic rings. The number of hydrogen-bond donors (Lipinski definition) is 2. The third-order valence-corrected chi connectivity index (χ3v) is 0.355. The van der Waals surface area contributed by atoms with Crippen molar-refractivity contribution in [1.29, 1.82) is 0 Å². The summed E-state index contributed by atoms with van der Waals surface area (Å²) in [6, 6.07) is 0. The third-order valence-electron chi connectivity index (χ3n) is 0.355. The zero-order valence-electron chi connectivity index (χ0n) is 6.49. The van der Waals surface area contributed by atoms with Crippen molar-refractivity contribution in [2.75, 3.05) is 0 Å². The van der Waals surface area contributed by atoms with Crippen molar-refractivity contribution < 1.29 is 39.3 Å².